The second-order valence-corrected chi connectivity index (χ2v) is 4.04. The smallest absolute Gasteiger partial charge is 0.358 e. The van der Waals surface area contributed by atoms with Gasteiger partial charge in [-0.15, -0.1) is 5.10 Å². The molecule has 0 unspecified atom stereocenters. The molecule has 0 aliphatic rings. The van der Waals surface area contributed by atoms with E-state index in [4.69, 9.17) is 5.11 Å². The fourth-order valence-corrected chi connectivity index (χ4v) is 1.55. The van der Waals surface area contributed by atoms with E-state index in [1.807, 2.05) is 0 Å². The second kappa shape index (κ2) is 6.45. The Bertz CT molecular complexity index is 577. The van der Waals surface area contributed by atoms with Gasteiger partial charge >= 0.3 is 5.97 Å². The number of carbonyl (C=O) groups excluding carboxylic acids is 1. The van der Waals surface area contributed by atoms with Gasteiger partial charge in [0.1, 0.15) is 0 Å². The molecule has 9 heteroatoms. The lowest BCUT2D eigenvalue weighted by Crippen LogP contribution is -2.28. The van der Waals surface area contributed by atoms with Crippen LogP contribution in [0.25, 0.3) is 0 Å². The minimum Gasteiger partial charge on any atom is -0.476 e. The third-order valence-electron chi connectivity index (χ3n) is 2.55. The minimum absolute atomic E-state index is 0.0981. The van der Waals surface area contributed by atoms with Crippen molar-refractivity contribution < 1.29 is 14.7 Å². The number of carboxylic acid groups (broad SMARTS) is 1. The van der Waals surface area contributed by atoms with Gasteiger partial charge in [-0.25, -0.2) is 9.48 Å². The van der Waals surface area contributed by atoms with Gasteiger partial charge in [0.05, 0.1) is 12.7 Å². The summed E-state index contributed by atoms with van der Waals surface area (Å²) in [6.07, 6.45) is 5.09. The highest BCUT2D eigenvalue weighted by atomic mass is 16.4. The van der Waals surface area contributed by atoms with E-state index in [2.05, 4.69) is 20.7 Å². The Kier molecular flexibility index (Phi) is 4.43. The van der Waals surface area contributed by atoms with Gasteiger partial charge in [-0.05, 0) is 6.07 Å². The summed E-state index contributed by atoms with van der Waals surface area (Å²) in [5.74, 6) is -1.22. The Morgan fingerprint density at radius 1 is 1.30 bits per heavy atom. The van der Waals surface area contributed by atoms with E-state index in [1.54, 1.807) is 23.1 Å². The molecule has 0 fully saturated rings. The number of nitrogens with zero attached hydrogens (tertiary/aromatic N) is 5. The molecule has 2 aromatic rings. The molecule has 0 saturated heterocycles. The van der Waals surface area contributed by atoms with Crippen LogP contribution in [0.15, 0.2) is 24.7 Å². The molecule has 0 saturated carbocycles. The summed E-state index contributed by atoms with van der Waals surface area (Å²) in [4.78, 5) is 22.2. The van der Waals surface area contributed by atoms with E-state index in [0.29, 0.717) is 26.1 Å². The van der Waals surface area contributed by atoms with Crippen molar-refractivity contribution in [3.8, 4) is 0 Å². The summed E-state index contributed by atoms with van der Waals surface area (Å²) in [6, 6.07) is 1.79. The molecule has 2 aromatic heterocycles. The maximum Gasteiger partial charge on any atom is 0.358 e. The number of carbonyl (C=O) groups is 2. The van der Waals surface area contributed by atoms with E-state index in [-0.39, 0.29) is 11.6 Å². The van der Waals surface area contributed by atoms with Gasteiger partial charge in [0, 0.05) is 31.9 Å². The number of aryl methyl sites for hydroxylation is 1. The molecule has 0 atom stereocenters. The maximum atomic E-state index is 11.6. The van der Waals surface area contributed by atoms with Crippen LogP contribution in [0.2, 0.25) is 0 Å². The van der Waals surface area contributed by atoms with Gasteiger partial charge in [0.15, 0.2) is 5.69 Å². The van der Waals surface area contributed by atoms with E-state index in [0.717, 1.165) is 0 Å². The molecule has 0 spiro atoms. The van der Waals surface area contributed by atoms with Gasteiger partial charge < -0.3 is 10.4 Å². The maximum absolute atomic E-state index is 11.6. The zero-order valence-electron chi connectivity index (χ0n) is 10.6. The Balaban J connectivity index is 1.67. The average molecular weight is 278 g/mol. The zero-order chi connectivity index (χ0) is 14.4. The summed E-state index contributed by atoms with van der Waals surface area (Å²) >= 11 is 0. The first kappa shape index (κ1) is 13.7. The molecular weight excluding hydrogens is 264 g/mol. The van der Waals surface area contributed by atoms with Crippen molar-refractivity contribution in [2.75, 3.05) is 6.54 Å². The van der Waals surface area contributed by atoms with Crippen molar-refractivity contribution >= 4 is 11.9 Å². The largest absolute Gasteiger partial charge is 0.476 e. The van der Waals surface area contributed by atoms with Gasteiger partial charge in [-0.1, -0.05) is 5.21 Å². The van der Waals surface area contributed by atoms with E-state index in [9.17, 15) is 9.59 Å². The molecule has 106 valence electrons. The van der Waals surface area contributed by atoms with E-state index < -0.39 is 5.97 Å². The second-order valence-electron chi connectivity index (χ2n) is 4.04. The molecule has 0 aliphatic carbocycles. The highest BCUT2D eigenvalue weighted by Crippen LogP contribution is 1.92. The molecule has 2 rings (SSSR count). The van der Waals surface area contributed by atoms with Crippen molar-refractivity contribution in [2.45, 2.75) is 19.5 Å². The lowest BCUT2D eigenvalue weighted by Gasteiger charge is -2.05. The molecule has 2 N–H and O–H groups in total. The number of rotatable bonds is 7. The monoisotopic (exact) mass is 278 g/mol. The van der Waals surface area contributed by atoms with Crippen LogP contribution in [-0.4, -0.2) is 48.3 Å². The molecule has 9 nitrogen and oxygen atoms in total. The van der Waals surface area contributed by atoms with Crippen LogP contribution in [0.4, 0.5) is 0 Å². The Morgan fingerprint density at radius 3 is 2.80 bits per heavy atom. The van der Waals surface area contributed by atoms with Crippen molar-refractivity contribution in [3.63, 3.8) is 0 Å². The van der Waals surface area contributed by atoms with Crippen molar-refractivity contribution in [3.05, 3.63) is 30.4 Å². The predicted octanol–water partition coefficient (Wildman–Crippen LogP) is -0.621. The lowest BCUT2D eigenvalue weighted by atomic mass is 10.4. The SMILES string of the molecule is O=C(CCn1cccn1)NCCn1cc(C(=O)O)nn1. The zero-order valence-corrected chi connectivity index (χ0v) is 10.6. The van der Waals surface area contributed by atoms with Crippen molar-refractivity contribution in [1.29, 1.82) is 0 Å². The van der Waals surface area contributed by atoms with Crippen LogP contribution in [0.3, 0.4) is 0 Å². The van der Waals surface area contributed by atoms with Crippen LogP contribution in [0, 0.1) is 0 Å². The molecule has 1 amide bonds. The summed E-state index contributed by atoms with van der Waals surface area (Å²) in [5, 5.41) is 22.5. The first-order chi connectivity index (χ1) is 9.65. The molecule has 2 heterocycles. The number of aromatic nitrogens is 5. The summed E-state index contributed by atoms with van der Waals surface area (Å²) in [5.41, 5.74) is -0.116. The number of nitrogens with one attached hydrogen (secondary N) is 1. The van der Waals surface area contributed by atoms with E-state index >= 15 is 0 Å². The van der Waals surface area contributed by atoms with Crippen LogP contribution in [-0.2, 0) is 17.9 Å². The highest BCUT2D eigenvalue weighted by Gasteiger charge is 2.08. The molecular formula is C11H14N6O3. The Hall–Kier alpha value is -2.71. The van der Waals surface area contributed by atoms with Crippen LogP contribution in [0.1, 0.15) is 16.9 Å². The number of aromatic carboxylic acids is 1. The summed E-state index contributed by atoms with van der Waals surface area (Å²) in [6.45, 7) is 1.25. The van der Waals surface area contributed by atoms with Crippen LogP contribution in [0.5, 0.6) is 0 Å². The number of hydrogen-bond donors (Lipinski definition) is 2. The third kappa shape index (κ3) is 3.90. The topological polar surface area (TPSA) is 115 Å². The number of amides is 1. The van der Waals surface area contributed by atoms with E-state index in [1.165, 1.54) is 10.9 Å². The normalized spacial score (nSPS) is 10.4. The van der Waals surface area contributed by atoms with Gasteiger partial charge in [0.2, 0.25) is 5.91 Å². The fraction of sp³-hybridized carbons (Fsp3) is 0.364. The molecule has 0 bridgehead atoms. The fourth-order valence-electron chi connectivity index (χ4n) is 1.55. The quantitative estimate of drug-likeness (QED) is 0.697. The number of hydrogen-bond acceptors (Lipinski definition) is 5. The molecule has 0 radical (unpaired) electrons. The summed E-state index contributed by atoms with van der Waals surface area (Å²) < 4.78 is 3.05. The van der Waals surface area contributed by atoms with Gasteiger partial charge in [-0.3, -0.25) is 9.48 Å². The average Bonchev–Trinajstić information content (AvgIpc) is 3.07. The Morgan fingerprint density at radius 2 is 2.15 bits per heavy atom. The standard InChI is InChI=1S/C11H14N6O3/c18-10(2-6-16-5-1-3-13-16)12-4-7-17-8-9(11(19)20)14-15-17/h1,3,5,8H,2,4,6-7H2,(H,12,18)(H,19,20). The van der Waals surface area contributed by atoms with Gasteiger partial charge in [-0.2, -0.15) is 5.10 Å². The lowest BCUT2D eigenvalue weighted by molar-refractivity contribution is -0.121. The number of carboxylic acids is 1. The van der Waals surface area contributed by atoms with Crippen molar-refractivity contribution in [1.82, 2.24) is 30.1 Å². The predicted molar refractivity (Wildman–Crippen MR) is 66.8 cm³/mol. The molecule has 0 aromatic carbocycles. The van der Waals surface area contributed by atoms with Crippen LogP contribution >= 0.6 is 0 Å². The third-order valence-corrected chi connectivity index (χ3v) is 2.55. The van der Waals surface area contributed by atoms with Crippen LogP contribution < -0.4 is 5.32 Å². The molecule has 20 heavy (non-hydrogen) atoms. The minimum atomic E-state index is -1.13. The first-order valence-electron chi connectivity index (χ1n) is 6.02. The first-order valence-corrected chi connectivity index (χ1v) is 6.02. The Labute approximate surface area is 114 Å². The summed E-state index contributed by atoms with van der Waals surface area (Å²) in [7, 11) is 0. The van der Waals surface area contributed by atoms with Crippen molar-refractivity contribution in [2.24, 2.45) is 0 Å². The molecule has 0 aliphatic heterocycles. The van der Waals surface area contributed by atoms with Gasteiger partial charge in [0.25, 0.3) is 0 Å². The highest BCUT2D eigenvalue weighted by molar-refractivity contribution is 5.84.